The Morgan fingerprint density at radius 1 is 1.26 bits per heavy atom. The molecule has 27 heavy (non-hydrogen) atoms. The van der Waals surface area contributed by atoms with Crippen LogP contribution in [0.4, 0.5) is 0 Å². The molecular weight excluding hydrogens is 342 g/mol. The van der Waals surface area contributed by atoms with Gasteiger partial charge in [-0.1, -0.05) is 13.0 Å². The molecule has 0 spiro atoms. The van der Waals surface area contributed by atoms with Crippen LogP contribution in [-0.4, -0.2) is 40.9 Å². The van der Waals surface area contributed by atoms with Gasteiger partial charge in [0.05, 0.1) is 0 Å². The maximum absolute atomic E-state index is 13.1. The van der Waals surface area contributed by atoms with E-state index in [1.807, 2.05) is 11.0 Å². The van der Waals surface area contributed by atoms with Gasteiger partial charge in [-0.3, -0.25) is 9.89 Å². The molecule has 3 heterocycles. The number of H-pyrrole nitrogens is 1. The average molecular weight is 367 g/mol. The summed E-state index contributed by atoms with van der Waals surface area (Å²) in [5, 5.41) is 7.40. The third-order valence-electron chi connectivity index (χ3n) is 6.14. The molecule has 5 rings (SSSR count). The second-order valence-corrected chi connectivity index (χ2v) is 8.39. The predicted molar refractivity (Wildman–Crippen MR) is 100 cm³/mol. The van der Waals surface area contributed by atoms with E-state index in [1.165, 1.54) is 5.56 Å². The molecular formula is C21H25N3O3. The number of fused-ring (bicyclic) bond motifs is 2. The predicted octanol–water partition coefficient (Wildman–Crippen LogP) is 3.11. The van der Waals surface area contributed by atoms with Crippen LogP contribution in [0, 0.1) is 5.41 Å². The van der Waals surface area contributed by atoms with Gasteiger partial charge in [-0.25, -0.2) is 0 Å². The Hall–Kier alpha value is -2.50. The fourth-order valence-electron chi connectivity index (χ4n) is 4.82. The van der Waals surface area contributed by atoms with Crippen LogP contribution in [0.3, 0.4) is 0 Å². The van der Waals surface area contributed by atoms with Crippen LogP contribution < -0.4 is 9.47 Å². The highest BCUT2D eigenvalue weighted by atomic mass is 16.7. The van der Waals surface area contributed by atoms with E-state index in [1.54, 1.807) is 0 Å². The molecule has 142 valence electrons. The minimum atomic E-state index is 0.0566. The number of carbonyl (C=O) groups excluding carboxylic acids is 1. The first-order chi connectivity index (χ1) is 13.1. The van der Waals surface area contributed by atoms with Crippen LogP contribution in [0.5, 0.6) is 11.5 Å². The third-order valence-corrected chi connectivity index (χ3v) is 6.14. The van der Waals surface area contributed by atoms with E-state index in [0.29, 0.717) is 12.5 Å². The molecule has 0 bridgehead atoms. The summed E-state index contributed by atoms with van der Waals surface area (Å²) in [6, 6.07) is 6.18. The second-order valence-electron chi connectivity index (χ2n) is 8.39. The van der Waals surface area contributed by atoms with E-state index < -0.39 is 0 Å². The van der Waals surface area contributed by atoms with E-state index in [9.17, 15) is 4.79 Å². The number of nitrogens with one attached hydrogen (secondary N) is 1. The van der Waals surface area contributed by atoms with Crippen molar-refractivity contribution < 1.29 is 14.3 Å². The monoisotopic (exact) mass is 367 g/mol. The summed E-state index contributed by atoms with van der Waals surface area (Å²) in [7, 11) is 0. The quantitative estimate of drug-likeness (QED) is 0.905. The standard InChI is InChI=1S/C21H25N3O3/c1-21(11-14-6-7-17-18(10-14)27-13-26-17)8-3-9-24(12-21)20(25)19-15-4-2-5-16(15)22-23-19/h6-7,10H,2-5,8-9,11-13H2,1H3,(H,22,23). The number of amides is 1. The van der Waals surface area contributed by atoms with Crippen LogP contribution >= 0.6 is 0 Å². The number of benzene rings is 1. The lowest BCUT2D eigenvalue weighted by molar-refractivity contribution is 0.0544. The van der Waals surface area contributed by atoms with Crippen LogP contribution in [0.15, 0.2) is 18.2 Å². The van der Waals surface area contributed by atoms with Crippen LogP contribution in [0.25, 0.3) is 0 Å². The second kappa shape index (κ2) is 6.29. The molecule has 1 aliphatic carbocycles. The molecule has 1 saturated heterocycles. The minimum Gasteiger partial charge on any atom is -0.454 e. The van der Waals surface area contributed by atoms with E-state index >= 15 is 0 Å². The highest BCUT2D eigenvalue weighted by Crippen LogP contribution is 2.38. The lowest BCUT2D eigenvalue weighted by atomic mass is 9.77. The van der Waals surface area contributed by atoms with Crippen LogP contribution in [0.2, 0.25) is 0 Å². The maximum atomic E-state index is 13.1. The van der Waals surface area contributed by atoms with Crippen molar-refractivity contribution in [1.29, 1.82) is 0 Å². The zero-order valence-electron chi connectivity index (χ0n) is 15.7. The minimum absolute atomic E-state index is 0.0566. The third kappa shape index (κ3) is 2.97. The Bertz CT molecular complexity index is 891. The first-order valence-corrected chi connectivity index (χ1v) is 9.85. The Balaban J connectivity index is 1.33. The molecule has 6 nitrogen and oxygen atoms in total. The van der Waals surface area contributed by atoms with Gasteiger partial charge in [0.2, 0.25) is 6.79 Å². The zero-order chi connectivity index (χ0) is 18.4. The van der Waals surface area contributed by atoms with Crippen LogP contribution in [0.1, 0.15) is 53.5 Å². The highest BCUT2D eigenvalue weighted by Gasteiger charge is 2.36. The van der Waals surface area contributed by atoms with E-state index in [4.69, 9.17) is 9.47 Å². The number of ether oxygens (including phenoxy) is 2. The summed E-state index contributed by atoms with van der Waals surface area (Å²) in [6.45, 7) is 4.16. The first-order valence-electron chi connectivity index (χ1n) is 9.85. The number of nitrogens with zero attached hydrogens (tertiary/aromatic N) is 2. The van der Waals surface area contributed by atoms with Gasteiger partial charge < -0.3 is 14.4 Å². The molecule has 2 aliphatic heterocycles. The molecule has 3 aliphatic rings. The first kappa shape index (κ1) is 16.7. The number of hydrogen-bond donors (Lipinski definition) is 1. The van der Waals surface area contributed by atoms with Crippen molar-refractivity contribution >= 4 is 5.91 Å². The van der Waals surface area contributed by atoms with Crippen molar-refractivity contribution in [2.45, 2.75) is 45.4 Å². The summed E-state index contributed by atoms with van der Waals surface area (Å²) in [6.07, 6.45) is 6.16. The molecule has 1 fully saturated rings. The SMILES string of the molecule is CC1(Cc2ccc3c(c2)OCO3)CCCN(C(=O)c2n[nH]c3c2CCC3)C1. The topological polar surface area (TPSA) is 67.5 Å². The summed E-state index contributed by atoms with van der Waals surface area (Å²) in [5.74, 6) is 1.73. The lowest BCUT2D eigenvalue weighted by Crippen LogP contribution is -2.46. The Labute approximate surface area is 158 Å². The molecule has 1 aromatic carbocycles. The van der Waals surface area contributed by atoms with Gasteiger partial charge in [-0.05, 0) is 61.6 Å². The van der Waals surface area contributed by atoms with Gasteiger partial charge in [0.15, 0.2) is 17.2 Å². The van der Waals surface area contributed by atoms with E-state index in [-0.39, 0.29) is 11.3 Å². The molecule has 6 heteroatoms. The van der Waals surface area contributed by atoms with Crippen molar-refractivity contribution in [3.8, 4) is 11.5 Å². The highest BCUT2D eigenvalue weighted by molar-refractivity contribution is 5.94. The van der Waals surface area contributed by atoms with Gasteiger partial charge in [-0.15, -0.1) is 0 Å². The smallest absolute Gasteiger partial charge is 0.274 e. The van der Waals surface area contributed by atoms with Crippen LogP contribution in [-0.2, 0) is 19.3 Å². The average Bonchev–Trinajstić information content (AvgIpc) is 3.37. The van der Waals surface area contributed by atoms with Crippen molar-refractivity contribution in [3.63, 3.8) is 0 Å². The van der Waals surface area contributed by atoms with E-state index in [2.05, 4.69) is 29.3 Å². The molecule has 1 aromatic heterocycles. The van der Waals surface area contributed by atoms with Gasteiger partial charge in [0.25, 0.3) is 5.91 Å². The number of rotatable bonds is 3. The fourth-order valence-corrected chi connectivity index (χ4v) is 4.82. The number of aromatic amines is 1. The molecule has 0 radical (unpaired) electrons. The largest absolute Gasteiger partial charge is 0.454 e. The zero-order valence-corrected chi connectivity index (χ0v) is 15.7. The number of piperidine rings is 1. The number of hydrogen-bond acceptors (Lipinski definition) is 4. The lowest BCUT2D eigenvalue weighted by Gasteiger charge is -2.40. The van der Waals surface area contributed by atoms with Crippen molar-refractivity contribution in [3.05, 3.63) is 40.7 Å². The van der Waals surface area contributed by atoms with Crippen molar-refractivity contribution in [2.75, 3.05) is 19.9 Å². The summed E-state index contributed by atoms with van der Waals surface area (Å²) in [4.78, 5) is 15.1. The van der Waals surface area contributed by atoms with E-state index in [0.717, 1.165) is 74.4 Å². The van der Waals surface area contributed by atoms with Gasteiger partial charge in [0, 0.05) is 24.3 Å². The van der Waals surface area contributed by atoms with Gasteiger partial charge >= 0.3 is 0 Å². The van der Waals surface area contributed by atoms with Gasteiger partial charge in [0.1, 0.15) is 0 Å². The molecule has 2 aromatic rings. The molecule has 1 unspecified atom stereocenters. The molecule has 0 saturated carbocycles. The maximum Gasteiger partial charge on any atom is 0.274 e. The molecule has 1 atom stereocenters. The Morgan fingerprint density at radius 3 is 3.07 bits per heavy atom. The summed E-state index contributed by atoms with van der Waals surface area (Å²) >= 11 is 0. The number of aromatic nitrogens is 2. The molecule has 1 N–H and O–H groups in total. The molecule has 1 amide bonds. The van der Waals surface area contributed by atoms with Crippen molar-refractivity contribution in [1.82, 2.24) is 15.1 Å². The Morgan fingerprint density at radius 2 is 2.15 bits per heavy atom. The summed E-state index contributed by atoms with van der Waals surface area (Å²) < 4.78 is 10.9. The number of likely N-dealkylation sites (tertiary alicyclic amines) is 1. The summed E-state index contributed by atoms with van der Waals surface area (Å²) in [5.41, 5.74) is 4.23. The fraction of sp³-hybridized carbons (Fsp3) is 0.524. The Kier molecular flexibility index (Phi) is 3.88. The van der Waals surface area contributed by atoms with Gasteiger partial charge in [-0.2, -0.15) is 5.10 Å². The number of aryl methyl sites for hydroxylation is 1. The number of carbonyl (C=O) groups is 1. The normalized spacial score (nSPS) is 23.5. The van der Waals surface area contributed by atoms with Crippen molar-refractivity contribution in [2.24, 2.45) is 5.41 Å².